The number of piperidine rings is 1. The van der Waals surface area contributed by atoms with Crippen LogP contribution in [0.3, 0.4) is 0 Å². The first-order chi connectivity index (χ1) is 15.4. The Bertz CT molecular complexity index is 1200. The van der Waals surface area contributed by atoms with Crippen molar-refractivity contribution >= 4 is 22.5 Å². The molecule has 0 unspecified atom stereocenters. The van der Waals surface area contributed by atoms with Crippen LogP contribution >= 0.6 is 0 Å². The third kappa shape index (κ3) is 3.81. The van der Waals surface area contributed by atoms with Gasteiger partial charge in [-0.25, -0.2) is 9.97 Å². The molecule has 10 nitrogen and oxygen atoms in total. The summed E-state index contributed by atoms with van der Waals surface area (Å²) >= 11 is 0. The van der Waals surface area contributed by atoms with E-state index in [0.29, 0.717) is 40.4 Å². The number of nitrogens with one attached hydrogen (secondary N) is 2. The van der Waals surface area contributed by atoms with Gasteiger partial charge in [-0.15, -0.1) is 5.10 Å². The zero-order chi connectivity index (χ0) is 22.3. The van der Waals surface area contributed by atoms with Crippen LogP contribution in [0.15, 0.2) is 35.2 Å². The SMILES string of the molecule is COc1nn(C2CCN(C(C)(C)C)CC2)cc1Nc1nc(-c2ccco2)nc2cn[nH]c12. The lowest BCUT2D eigenvalue weighted by molar-refractivity contribution is 0.0867. The van der Waals surface area contributed by atoms with Gasteiger partial charge in [0.1, 0.15) is 16.7 Å². The fourth-order valence-electron chi connectivity index (χ4n) is 4.17. The monoisotopic (exact) mass is 436 g/mol. The number of likely N-dealkylation sites (tertiary alicyclic amines) is 1. The van der Waals surface area contributed by atoms with Gasteiger partial charge in [-0.05, 0) is 45.7 Å². The number of aromatic amines is 1. The standard InChI is InChI=1S/C22H28N8O2/c1-22(2,3)29-9-7-14(8-10-29)30-13-16(21(28-30)31-4)25-20-18-15(12-23-27-18)24-19(26-20)17-6-5-11-32-17/h5-6,11-14H,7-10H2,1-4H3,(H,23,27)(H,24,25,26). The second kappa shape index (κ2) is 7.94. The molecule has 4 aromatic rings. The summed E-state index contributed by atoms with van der Waals surface area (Å²) in [5.74, 6) is 2.17. The Hall–Kier alpha value is -3.40. The minimum absolute atomic E-state index is 0.188. The third-order valence-corrected chi connectivity index (χ3v) is 5.97. The van der Waals surface area contributed by atoms with Crippen LogP contribution in [-0.4, -0.2) is 60.6 Å². The van der Waals surface area contributed by atoms with Crippen molar-refractivity contribution < 1.29 is 9.15 Å². The van der Waals surface area contributed by atoms with E-state index in [4.69, 9.17) is 14.3 Å². The lowest BCUT2D eigenvalue weighted by atomic mass is 9.98. The quantitative estimate of drug-likeness (QED) is 0.483. The summed E-state index contributed by atoms with van der Waals surface area (Å²) in [6.07, 6.45) is 7.35. The summed E-state index contributed by atoms with van der Waals surface area (Å²) in [5, 5.41) is 15.2. The Kier molecular flexibility index (Phi) is 5.09. The number of aromatic nitrogens is 6. The molecule has 1 saturated heterocycles. The average Bonchev–Trinajstić information content (AvgIpc) is 3.53. The van der Waals surface area contributed by atoms with Crippen LogP contribution in [0.1, 0.15) is 39.7 Å². The number of anilines is 2. The van der Waals surface area contributed by atoms with Crippen LogP contribution in [0.2, 0.25) is 0 Å². The highest BCUT2D eigenvalue weighted by Crippen LogP contribution is 2.33. The number of H-pyrrole nitrogens is 1. The smallest absolute Gasteiger partial charge is 0.256 e. The maximum atomic E-state index is 5.57. The van der Waals surface area contributed by atoms with E-state index in [2.05, 4.69) is 51.2 Å². The van der Waals surface area contributed by atoms with Gasteiger partial charge in [0.25, 0.3) is 5.88 Å². The molecule has 1 fully saturated rings. The predicted octanol–water partition coefficient (Wildman–Crippen LogP) is 4.00. The van der Waals surface area contributed by atoms with Crippen molar-refractivity contribution in [3.8, 4) is 17.5 Å². The van der Waals surface area contributed by atoms with Crippen molar-refractivity contribution in [2.24, 2.45) is 0 Å². The summed E-state index contributed by atoms with van der Waals surface area (Å²) in [6.45, 7) is 8.89. The highest BCUT2D eigenvalue weighted by Gasteiger charge is 2.29. The van der Waals surface area contributed by atoms with Crippen LogP contribution in [0.25, 0.3) is 22.6 Å². The maximum absolute atomic E-state index is 5.57. The van der Waals surface area contributed by atoms with E-state index in [1.165, 1.54) is 0 Å². The van der Waals surface area contributed by atoms with Crippen molar-refractivity contribution in [2.45, 2.75) is 45.2 Å². The minimum atomic E-state index is 0.188. The van der Waals surface area contributed by atoms with Crippen molar-refractivity contribution in [3.05, 3.63) is 30.8 Å². The fourth-order valence-corrected chi connectivity index (χ4v) is 4.17. The predicted molar refractivity (Wildman–Crippen MR) is 121 cm³/mol. The van der Waals surface area contributed by atoms with Gasteiger partial charge in [-0.1, -0.05) is 0 Å². The number of furan rings is 1. The second-order valence-corrected chi connectivity index (χ2v) is 9.05. The van der Waals surface area contributed by atoms with Gasteiger partial charge < -0.3 is 14.5 Å². The van der Waals surface area contributed by atoms with E-state index in [1.807, 2.05) is 23.0 Å². The van der Waals surface area contributed by atoms with E-state index in [1.54, 1.807) is 19.6 Å². The molecule has 10 heteroatoms. The van der Waals surface area contributed by atoms with Crippen LogP contribution in [0.5, 0.6) is 5.88 Å². The molecule has 5 rings (SSSR count). The second-order valence-electron chi connectivity index (χ2n) is 9.05. The summed E-state index contributed by atoms with van der Waals surface area (Å²) in [5.41, 5.74) is 2.32. The topological polar surface area (TPSA) is 110 Å². The van der Waals surface area contributed by atoms with Crippen LogP contribution in [0, 0.1) is 0 Å². The molecular formula is C22H28N8O2. The Labute approximate surface area is 186 Å². The number of ether oxygens (including phenoxy) is 1. The number of hydrogen-bond donors (Lipinski definition) is 2. The van der Waals surface area contributed by atoms with Gasteiger partial charge in [0.05, 0.1) is 31.8 Å². The number of nitrogens with zero attached hydrogens (tertiary/aromatic N) is 6. The van der Waals surface area contributed by atoms with Gasteiger partial charge in [0, 0.05) is 18.6 Å². The summed E-state index contributed by atoms with van der Waals surface area (Å²) in [7, 11) is 1.63. The van der Waals surface area contributed by atoms with E-state index < -0.39 is 0 Å². The molecule has 0 radical (unpaired) electrons. The highest BCUT2D eigenvalue weighted by molar-refractivity contribution is 5.88. The average molecular weight is 437 g/mol. The molecule has 0 aliphatic carbocycles. The van der Waals surface area contributed by atoms with Gasteiger partial charge in [-0.2, -0.15) is 5.10 Å². The first kappa shape index (κ1) is 20.5. The molecule has 0 aromatic carbocycles. The minimum Gasteiger partial charge on any atom is -0.478 e. The normalized spacial score (nSPS) is 16.0. The summed E-state index contributed by atoms with van der Waals surface area (Å²) in [6, 6.07) is 3.96. The third-order valence-electron chi connectivity index (χ3n) is 5.97. The molecule has 168 valence electrons. The van der Waals surface area contributed by atoms with Crippen molar-refractivity contribution in [1.82, 2.24) is 34.8 Å². The molecule has 0 amide bonds. The molecule has 4 aromatic heterocycles. The van der Waals surface area contributed by atoms with E-state index in [-0.39, 0.29) is 5.54 Å². The Morgan fingerprint density at radius 3 is 2.72 bits per heavy atom. The zero-order valence-electron chi connectivity index (χ0n) is 18.8. The Morgan fingerprint density at radius 2 is 2.03 bits per heavy atom. The van der Waals surface area contributed by atoms with Gasteiger partial charge in [0.15, 0.2) is 17.4 Å². The lowest BCUT2D eigenvalue weighted by Crippen LogP contribution is -2.46. The van der Waals surface area contributed by atoms with Gasteiger partial charge in [-0.3, -0.25) is 14.7 Å². The van der Waals surface area contributed by atoms with Crippen LogP contribution in [0.4, 0.5) is 11.5 Å². The molecule has 0 atom stereocenters. The molecule has 0 bridgehead atoms. The molecule has 5 heterocycles. The van der Waals surface area contributed by atoms with Crippen molar-refractivity contribution in [1.29, 1.82) is 0 Å². The molecular weight excluding hydrogens is 408 g/mol. The van der Waals surface area contributed by atoms with E-state index >= 15 is 0 Å². The van der Waals surface area contributed by atoms with Crippen LogP contribution in [-0.2, 0) is 0 Å². The Balaban J connectivity index is 1.42. The first-order valence-corrected chi connectivity index (χ1v) is 10.8. The fraction of sp³-hybridized carbons (Fsp3) is 0.455. The number of methoxy groups -OCH3 is 1. The number of fused-ring (bicyclic) bond motifs is 1. The molecule has 1 aliphatic rings. The van der Waals surface area contributed by atoms with Crippen molar-refractivity contribution in [3.63, 3.8) is 0 Å². The summed E-state index contributed by atoms with van der Waals surface area (Å²) in [4.78, 5) is 11.7. The Morgan fingerprint density at radius 1 is 1.22 bits per heavy atom. The van der Waals surface area contributed by atoms with Crippen LogP contribution < -0.4 is 10.1 Å². The molecule has 32 heavy (non-hydrogen) atoms. The largest absolute Gasteiger partial charge is 0.478 e. The van der Waals surface area contributed by atoms with Gasteiger partial charge >= 0.3 is 0 Å². The van der Waals surface area contributed by atoms with Gasteiger partial charge in [0.2, 0.25) is 0 Å². The lowest BCUT2D eigenvalue weighted by Gasteiger charge is -2.40. The molecule has 1 aliphatic heterocycles. The number of hydrogen-bond acceptors (Lipinski definition) is 8. The van der Waals surface area contributed by atoms with E-state index in [0.717, 1.165) is 31.6 Å². The molecule has 2 N–H and O–H groups in total. The zero-order valence-corrected chi connectivity index (χ0v) is 18.8. The maximum Gasteiger partial charge on any atom is 0.256 e. The van der Waals surface area contributed by atoms with E-state index in [9.17, 15) is 0 Å². The first-order valence-electron chi connectivity index (χ1n) is 10.8. The molecule has 0 saturated carbocycles. The number of rotatable bonds is 5. The highest BCUT2D eigenvalue weighted by atomic mass is 16.5. The molecule has 0 spiro atoms. The van der Waals surface area contributed by atoms with Crippen molar-refractivity contribution in [2.75, 3.05) is 25.5 Å². The summed E-state index contributed by atoms with van der Waals surface area (Å²) < 4.78 is 13.1.